The van der Waals surface area contributed by atoms with Gasteiger partial charge in [0.05, 0.1) is 5.03 Å². The molecule has 5 heteroatoms. The fourth-order valence-electron chi connectivity index (χ4n) is 6.18. The monoisotopic (exact) mass is 408 g/mol. The van der Waals surface area contributed by atoms with Crippen LogP contribution in [-0.4, -0.2) is 41.5 Å². The van der Waals surface area contributed by atoms with Crippen LogP contribution in [-0.2, 0) is 0 Å². The Bertz CT molecular complexity index is 690. The molecule has 1 N–H and O–H groups in total. The Hall–Kier alpha value is -0.710. The van der Waals surface area contributed by atoms with E-state index >= 15 is 0 Å². The summed E-state index contributed by atoms with van der Waals surface area (Å²) in [5, 5.41) is 9.78. The van der Waals surface area contributed by atoms with Crippen LogP contribution >= 0.6 is 11.6 Å². The van der Waals surface area contributed by atoms with E-state index in [1.165, 1.54) is 32.1 Å². The van der Waals surface area contributed by atoms with E-state index in [4.69, 9.17) is 11.6 Å². The summed E-state index contributed by atoms with van der Waals surface area (Å²) in [4.78, 5) is 7.31. The number of halogens is 2. The molecule has 0 spiro atoms. The molecule has 2 aliphatic heterocycles. The summed E-state index contributed by atoms with van der Waals surface area (Å²) in [6.45, 7) is 5.87. The SMILES string of the molecule is CC(CCN1C(CCO)CC2CCCC1C2)C1(C)C=NC2=CC(Cl)=C(F)CC21. The quantitative estimate of drug-likeness (QED) is 0.634. The highest BCUT2D eigenvalue weighted by Gasteiger charge is 2.46. The minimum atomic E-state index is -0.202. The molecule has 2 aliphatic carbocycles. The van der Waals surface area contributed by atoms with Crippen molar-refractivity contribution < 1.29 is 9.50 Å². The van der Waals surface area contributed by atoms with Gasteiger partial charge in [0.15, 0.2) is 0 Å². The first-order chi connectivity index (χ1) is 13.4. The smallest absolute Gasteiger partial charge is 0.119 e. The highest BCUT2D eigenvalue weighted by Crippen LogP contribution is 2.50. The second-order valence-electron chi connectivity index (χ2n) is 9.72. The largest absolute Gasteiger partial charge is 0.396 e. The van der Waals surface area contributed by atoms with Gasteiger partial charge in [0.1, 0.15) is 5.83 Å². The van der Waals surface area contributed by atoms with E-state index in [2.05, 4.69) is 30.0 Å². The van der Waals surface area contributed by atoms with Crippen LogP contribution < -0.4 is 0 Å². The highest BCUT2D eigenvalue weighted by atomic mass is 35.5. The van der Waals surface area contributed by atoms with Crippen molar-refractivity contribution in [1.82, 2.24) is 4.90 Å². The van der Waals surface area contributed by atoms with Gasteiger partial charge in [-0.25, -0.2) is 4.39 Å². The number of aliphatic hydroxyl groups excluding tert-OH is 1. The molecule has 4 rings (SSSR count). The maximum absolute atomic E-state index is 14.2. The number of allylic oxidation sites excluding steroid dienone is 4. The van der Waals surface area contributed by atoms with Crippen molar-refractivity contribution in [3.05, 3.63) is 22.6 Å². The lowest BCUT2D eigenvalue weighted by molar-refractivity contribution is 0.00447. The average molecular weight is 409 g/mol. The molecular weight excluding hydrogens is 375 g/mol. The number of hydrogen-bond donors (Lipinski definition) is 1. The molecule has 3 nitrogen and oxygen atoms in total. The summed E-state index contributed by atoms with van der Waals surface area (Å²) in [7, 11) is 0. The summed E-state index contributed by atoms with van der Waals surface area (Å²) in [6.07, 6.45) is 12.7. The fraction of sp³-hybridized carbons (Fsp3) is 0.783. The summed E-state index contributed by atoms with van der Waals surface area (Å²) in [5.74, 6) is 1.16. The van der Waals surface area contributed by atoms with E-state index in [0.29, 0.717) is 24.4 Å². The maximum atomic E-state index is 14.2. The number of aliphatic imine (C=N–C) groups is 1. The molecule has 2 heterocycles. The van der Waals surface area contributed by atoms with Crippen molar-refractivity contribution in [3.63, 3.8) is 0 Å². The number of fused-ring (bicyclic) bond motifs is 3. The van der Waals surface area contributed by atoms with Crippen LogP contribution in [0.3, 0.4) is 0 Å². The van der Waals surface area contributed by atoms with Crippen molar-refractivity contribution in [3.8, 4) is 0 Å². The Balaban J connectivity index is 1.43. The molecule has 156 valence electrons. The maximum Gasteiger partial charge on any atom is 0.119 e. The van der Waals surface area contributed by atoms with E-state index < -0.39 is 0 Å². The molecule has 2 bridgehead atoms. The van der Waals surface area contributed by atoms with Gasteiger partial charge in [-0.15, -0.1) is 0 Å². The molecule has 6 unspecified atom stereocenters. The number of nitrogens with zero attached hydrogens (tertiary/aromatic N) is 2. The zero-order valence-corrected chi connectivity index (χ0v) is 18.0. The Morgan fingerprint density at radius 3 is 3.00 bits per heavy atom. The molecule has 4 aliphatic rings. The molecule has 28 heavy (non-hydrogen) atoms. The lowest BCUT2D eigenvalue weighted by Gasteiger charge is -2.49. The molecule has 0 radical (unpaired) electrons. The molecule has 1 saturated carbocycles. The molecule has 0 aromatic carbocycles. The number of likely N-dealkylation sites (tertiary alicyclic amines) is 1. The Labute approximate surface area is 173 Å². The molecule has 6 atom stereocenters. The number of rotatable bonds is 6. The second kappa shape index (κ2) is 8.20. The second-order valence-corrected chi connectivity index (χ2v) is 10.1. The number of aliphatic hydroxyl groups is 1. The van der Waals surface area contributed by atoms with Crippen molar-refractivity contribution in [2.45, 2.75) is 77.3 Å². The molecule has 0 amide bonds. The van der Waals surface area contributed by atoms with Crippen molar-refractivity contribution in [2.75, 3.05) is 13.2 Å². The lowest BCUT2D eigenvalue weighted by atomic mass is 9.66. The first kappa shape index (κ1) is 20.6. The van der Waals surface area contributed by atoms with Crippen LogP contribution in [0.25, 0.3) is 0 Å². The predicted molar refractivity (Wildman–Crippen MR) is 113 cm³/mol. The van der Waals surface area contributed by atoms with Crippen molar-refractivity contribution in [1.29, 1.82) is 0 Å². The minimum absolute atomic E-state index is 0.0960. The summed E-state index contributed by atoms with van der Waals surface area (Å²) < 4.78 is 14.2. The zero-order valence-electron chi connectivity index (χ0n) is 17.2. The number of hydrogen-bond acceptors (Lipinski definition) is 3. The summed E-state index contributed by atoms with van der Waals surface area (Å²) in [5.41, 5.74) is 0.810. The number of piperidine rings is 1. The van der Waals surface area contributed by atoms with Gasteiger partial charge in [0, 0.05) is 48.4 Å². The van der Waals surface area contributed by atoms with E-state index in [-0.39, 0.29) is 28.8 Å². The average Bonchev–Trinajstić information content (AvgIpc) is 2.99. The van der Waals surface area contributed by atoms with E-state index in [1.807, 2.05) is 0 Å². The van der Waals surface area contributed by atoms with Gasteiger partial charge >= 0.3 is 0 Å². The normalized spacial score (nSPS) is 39.1. The van der Waals surface area contributed by atoms with E-state index in [1.54, 1.807) is 6.08 Å². The van der Waals surface area contributed by atoms with Gasteiger partial charge in [-0.1, -0.05) is 38.3 Å². The topological polar surface area (TPSA) is 35.8 Å². The Morgan fingerprint density at radius 1 is 1.39 bits per heavy atom. The van der Waals surface area contributed by atoms with Crippen molar-refractivity contribution >= 4 is 17.8 Å². The standard InChI is InChI=1S/C23H34ClFN2O/c1-15(23(2)14-26-22-13-20(24)21(25)12-19(22)23)6-8-27-17-5-3-4-16(10-17)11-18(27)7-9-28/h13-19,28H,3-12H2,1-2H3. The fourth-order valence-corrected chi connectivity index (χ4v) is 6.37. The minimum Gasteiger partial charge on any atom is -0.396 e. The third-order valence-electron chi connectivity index (χ3n) is 8.16. The van der Waals surface area contributed by atoms with Gasteiger partial charge in [0.25, 0.3) is 0 Å². The van der Waals surface area contributed by atoms with Crippen LogP contribution in [0.2, 0.25) is 0 Å². The molecule has 0 aromatic heterocycles. The van der Waals surface area contributed by atoms with Crippen molar-refractivity contribution in [2.24, 2.45) is 28.2 Å². The van der Waals surface area contributed by atoms with Crippen LogP contribution in [0.4, 0.5) is 4.39 Å². The molecule has 1 saturated heterocycles. The first-order valence-electron chi connectivity index (χ1n) is 11.1. The zero-order chi connectivity index (χ0) is 19.9. The molecule has 0 aromatic rings. The van der Waals surface area contributed by atoms with Crippen LogP contribution in [0.1, 0.15) is 65.2 Å². The molecular formula is C23H34ClFN2O. The van der Waals surface area contributed by atoms with Crippen LogP contribution in [0.15, 0.2) is 27.6 Å². The summed E-state index contributed by atoms with van der Waals surface area (Å²) in [6, 6.07) is 1.21. The summed E-state index contributed by atoms with van der Waals surface area (Å²) >= 11 is 5.99. The lowest BCUT2D eigenvalue weighted by Crippen LogP contribution is -2.52. The van der Waals surface area contributed by atoms with Gasteiger partial charge in [-0.2, -0.15) is 0 Å². The van der Waals surface area contributed by atoms with E-state index in [0.717, 1.165) is 31.0 Å². The Kier molecular flexibility index (Phi) is 6.02. The Morgan fingerprint density at radius 2 is 2.21 bits per heavy atom. The van der Waals surface area contributed by atoms with Crippen LogP contribution in [0.5, 0.6) is 0 Å². The molecule has 2 fully saturated rings. The van der Waals surface area contributed by atoms with Crippen LogP contribution in [0, 0.1) is 23.2 Å². The third kappa shape index (κ3) is 3.73. The van der Waals surface area contributed by atoms with Gasteiger partial charge in [-0.3, -0.25) is 9.89 Å². The van der Waals surface area contributed by atoms with Gasteiger partial charge < -0.3 is 5.11 Å². The third-order valence-corrected chi connectivity index (χ3v) is 8.47. The van der Waals surface area contributed by atoms with E-state index in [9.17, 15) is 9.50 Å². The first-order valence-corrected chi connectivity index (χ1v) is 11.5. The highest BCUT2D eigenvalue weighted by molar-refractivity contribution is 6.31. The van der Waals surface area contributed by atoms with Gasteiger partial charge in [-0.05, 0) is 56.6 Å². The predicted octanol–water partition coefficient (Wildman–Crippen LogP) is 5.44. The van der Waals surface area contributed by atoms with Gasteiger partial charge in [0.2, 0.25) is 0 Å².